The quantitative estimate of drug-likeness (QED) is 0.206. The molecule has 148 valence electrons. The Kier molecular flexibility index (Phi) is 5.57. The molecule has 4 rings (SSSR count). The topological polar surface area (TPSA) is 64.9 Å². The van der Waals surface area contributed by atoms with Gasteiger partial charge in [0, 0.05) is 17.2 Å². The van der Waals surface area contributed by atoms with Gasteiger partial charge in [0.2, 0.25) is 11.8 Å². The van der Waals surface area contributed by atoms with Crippen LogP contribution in [0, 0.1) is 6.92 Å². The summed E-state index contributed by atoms with van der Waals surface area (Å²) < 4.78 is 18.3. The molecule has 0 fully saturated rings. The van der Waals surface area contributed by atoms with E-state index in [-0.39, 0.29) is 17.4 Å². The Morgan fingerprint density at radius 3 is 2.76 bits per heavy atom. The molecule has 0 N–H and O–H groups in total. The van der Waals surface area contributed by atoms with Crippen LogP contribution >= 0.6 is 0 Å². The normalized spacial score (nSPS) is 14.4. The standard InChI is InChI=1S/C22H20N2O4S/c1-15-4-2-8-24(14-15)20(22(29)23-13-17-5-3-9-26-17)21(25)16-6-7-18-19(12-16)28-11-10-27-18/h2-9,12,14,20H,10-11,13H2,1H3/t20-/m1/s1. The average molecular weight is 408 g/mol. The van der Waals surface area contributed by atoms with Gasteiger partial charge < -0.3 is 31.5 Å². The molecule has 0 unspecified atom stereocenters. The molecule has 2 aromatic heterocycles. The molecular weight excluding hydrogens is 388 g/mol. The Hall–Kier alpha value is -3.19. The summed E-state index contributed by atoms with van der Waals surface area (Å²) in [6, 6.07) is 11.9. The van der Waals surface area contributed by atoms with Gasteiger partial charge in [-0.1, -0.05) is 0 Å². The van der Waals surface area contributed by atoms with Crippen LogP contribution in [-0.2, 0) is 19.2 Å². The summed E-state index contributed by atoms with van der Waals surface area (Å²) in [7, 11) is 0. The van der Waals surface area contributed by atoms with E-state index in [1.807, 2.05) is 37.5 Å². The molecule has 0 saturated carbocycles. The van der Waals surface area contributed by atoms with Crippen LogP contribution in [0.25, 0.3) is 0 Å². The average Bonchev–Trinajstić information content (AvgIpc) is 3.26. The highest BCUT2D eigenvalue weighted by molar-refractivity contribution is 7.77. The lowest BCUT2D eigenvalue weighted by molar-refractivity contribution is -0.692. The number of aryl methyl sites for hydroxylation is 1. The van der Waals surface area contributed by atoms with Crippen molar-refractivity contribution >= 4 is 23.5 Å². The fourth-order valence-electron chi connectivity index (χ4n) is 3.15. The number of fused-ring (bicyclic) bond motifs is 1. The van der Waals surface area contributed by atoms with Crippen molar-refractivity contribution in [2.24, 2.45) is 4.99 Å². The van der Waals surface area contributed by atoms with Gasteiger partial charge in [-0.15, -0.1) is 0 Å². The van der Waals surface area contributed by atoms with Crippen LogP contribution in [0.5, 0.6) is 11.5 Å². The van der Waals surface area contributed by atoms with Crippen LogP contribution in [0.1, 0.15) is 27.7 Å². The summed E-state index contributed by atoms with van der Waals surface area (Å²) in [5.41, 5.74) is 1.50. The SMILES string of the molecule is Cc1ccc[n+]([C@H](C(=O)c2ccc3c(c2)OCCO3)C([S-])=NCc2ccco2)c1. The van der Waals surface area contributed by atoms with Gasteiger partial charge in [0.15, 0.2) is 23.9 Å². The number of pyridine rings is 1. The van der Waals surface area contributed by atoms with Crippen LogP contribution in [-0.4, -0.2) is 24.0 Å². The van der Waals surface area contributed by atoms with Gasteiger partial charge in [0.1, 0.15) is 19.0 Å². The Labute approximate surface area is 174 Å². The summed E-state index contributed by atoms with van der Waals surface area (Å²) in [6.07, 6.45) is 5.29. The predicted octanol–water partition coefficient (Wildman–Crippen LogP) is 3.22. The molecule has 29 heavy (non-hydrogen) atoms. The molecule has 1 aliphatic rings. The zero-order chi connectivity index (χ0) is 20.2. The van der Waals surface area contributed by atoms with Gasteiger partial charge in [-0.3, -0.25) is 4.79 Å². The van der Waals surface area contributed by atoms with E-state index in [0.29, 0.717) is 36.0 Å². The lowest BCUT2D eigenvalue weighted by atomic mass is 10.0. The van der Waals surface area contributed by atoms with Crippen molar-refractivity contribution < 1.29 is 23.3 Å². The Morgan fingerprint density at radius 1 is 1.17 bits per heavy atom. The van der Waals surface area contributed by atoms with Crippen LogP contribution in [0.2, 0.25) is 0 Å². The third-order valence-corrected chi connectivity index (χ3v) is 4.90. The minimum absolute atomic E-state index is 0.161. The lowest BCUT2D eigenvalue weighted by Crippen LogP contribution is -2.48. The largest absolute Gasteiger partial charge is 0.758 e. The summed E-state index contributed by atoms with van der Waals surface area (Å²) in [5.74, 6) is 1.73. The molecule has 0 radical (unpaired) electrons. The molecule has 6 nitrogen and oxygen atoms in total. The number of carbonyl (C=O) groups excluding carboxylic acids is 1. The summed E-state index contributed by atoms with van der Waals surface area (Å²) in [5, 5.41) is 0.289. The number of aliphatic imine (C=N–C) groups is 1. The van der Waals surface area contributed by atoms with Crippen molar-refractivity contribution in [3.05, 3.63) is 78.0 Å². The molecule has 0 spiro atoms. The van der Waals surface area contributed by atoms with Gasteiger partial charge in [0.05, 0.1) is 12.8 Å². The first-order valence-electron chi connectivity index (χ1n) is 9.27. The van der Waals surface area contributed by atoms with Gasteiger partial charge in [-0.05, 0) is 48.4 Å². The van der Waals surface area contributed by atoms with E-state index < -0.39 is 6.04 Å². The van der Waals surface area contributed by atoms with E-state index in [0.717, 1.165) is 5.56 Å². The molecule has 3 heterocycles. The first kappa shape index (κ1) is 19.1. The molecule has 1 aliphatic heterocycles. The number of hydrogen-bond acceptors (Lipinski definition) is 6. The van der Waals surface area contributed by atoms with E-state index in [9.17, 15) is 4.79 Å². The number of aromatic nitrogens is 1. The molecule has 1 aromatic carbocycles. The van der Waals surface area contributed by atoms with Gasteiger partial charge >= 0.3 is 0 Å². The van der Waals surface area contributed by atoms with Crippen LogP contribution in [0.4, 0.5) is 0 Å². The van der Waals surface area contributed by atoms with Gasteiger partial charge in [0.25, 0.3) is 0 Å². The minimum Gasteiger partial charge on any atom is -0.758 e. The molecular formula is C22H20N2O4S. The molecule has 1 atom stereocenters. The molecule has 3 aromatic rings. The second kappa shape index (κ2) is 8.45. The van der Waals surface area contributed by atoms with Crippen LogP contribution in [0.3, 0.4) is 0 Å². The number of ketones is 1. The predicted molar refractivity (Wildman–Crippen MR) is 109 cm³/mol. The number of benzene rings is 1. The number of carbonyl (C=O) groups is 1. The van der Waals surface area contributed by atoms with E-state index in [1.165, 1.54) is 0 Å². The molecule has 0 saturated heterocycles. The summed E-state index contributed by atoms with van der Waals surface area (Å²) >= 11 is 5.57. The maximum atomic E-state index is 13.5. The molecule has 7 heteroatoms. The minimum atomic E-state index is -0.748. The van der Waals surface area contributed by atoms with Crippen molar-refractivity contribution in [3.8, 4) is 11.5 Å². The highest BCUT2D eigenvalue weighted by Crippen LogP contribution is 2.31. The third kappa shape index (κ3) is 4.30. The number of nitrogens with zero attached hydrogens (tertiary/aromatic N) is 2. The van der Waals surface area contributed by atoms with Crippen molar-refractivity contribution in [3.63, 3.8) is 0 Å². The van der Waals surface area contributed by atoms with Crippen molar-refractivity contribution in [2.75, 3.05) is 13.2 Å². The fourth-order valence-corrected chi connectivity index (χ4v) is 3.44. The van der Waals surface area contributed by atoms with E-state index in [1.54, 1.807) is 35.1 Å². The number of hydrogen-bond donors (Lipinski definition) is 0. The summed E-state index contributed by atoms with van der Waals surface area (Å²) in [4.78, 5) is 17.9. The summed E-state index contributed by atoms with van der Waals surface area (Å²) in [6.45, 7) is 3.20. The first-order chi connectivity index (χ1) is 14.1. The zero-order valence-electron chi connectivity index (χ0n) is 15.9. The Balaban J connectivity index is 1.69. The Morgan fingerprint density at radius 2 is 2.00 bits per heavy atom. The molecule has 0 aliphatic carbocycles. The third-order valence-electron chi connectivity index (χ3n) is 4.55. The van der Waals surface area contributed by atoms with Crippen LogP contribution < -0.4 is 14.0 Å². The van der Waals surface area contributed by atoms with E-state index in [2.05, 4.69) is 4.99 Å². The number of Topliss-reactive ketones (excluding diaryl/α,β-unsaturated/α-hetero) is 1. The van der Waals surface area contributed by atoms with E-state index in [4.69, 9.17) is 26.5 Å². The second-order valence-corrected chi connectivity index (χ2v) is 7.11. The van der Waals surface area contributed by atoms with E-state index >= 15 is 0 Å². The number of ether oxygens (including phenoxy) is 2. The van der Waals surface area contributed by atoms with Gasteiger partial charge in [-0.2, -0.15) is 4.57 Å². The van der Waals surface area contributed by atoms with Gasteiger partial charge in [-0.25, -0.2) is 0 Å². The second-order valence-electron chi connectivity index (χ2n) is 6.69. The molecule has 0 bridgehead atoms. The zero-order valence-corrected chi connectivity index (χ0v) is 16.7. The number of furan rings is 1. The fraction of sp³-hybridized carbons (Fsp3) is 0.227. The van der Waals surface area contributed by atoms with Crippen molar-refractivity contribution in [2.45, 2.75) is 19.5 Å². The molecule has 0 amide bonds. The van der Waals surface area contributed by atoms with Crippen molar-refractivity contribution in [1.82, 2.24) is 0 Å². The monoisotopic (exact) mass is 408 g/mol. The maximum Gasteiger partial charge on any atom is 0.237 e. The lowest BCUT2D eigenvalue weighted by Gasteiger charge is -2.21. The number of rotatable bonds is 6. The smallest absolute Gasteiger partial charge is 0.237 e. The maximum absolute atomic E-state index is 13.5. The highest BCUT2D eigenvalue weighted by atomic mass is 32.1. The van der Waals surface area contributed by atoms with Crippen molar-refractivity contribution in [1.29, 1.82) is 0 Å². The van der Waals surface area contributed by atoms with Crippen LogP contribution in [0.15, 0.2) is 70.5 Å². The highest BCUT2D eigenvalue weighted by Gasteiger charge is 2.29. The first-order valence-corrected chi connectivity index (χ1v) is 9.67. The Bertz CT molecular complexity index is 1050.